The zero-order valence-electron chi connectivity index (χ0n) is 11.3. The van der Waals surface area contributed by atoms with E-state index in [4.69, 9.17) is 0 Å². The highest BCUT2D eigenvalue weighted by molar-refractivity contribution is 5.82. The molecule has 0 N–H and O–H groups in total. The first-order chi connectivity index (χ1) is 10.4. The molecule has 0 bridgehead atoms. The molecular weight excluding hydrogens is 256 g/mol. The number of rotatable bonds is 1. The van der Waals surface area contributed by atoms with Crippen LogP contribution in [0, 0.1) is 11.3 Å². The molecule has 2 aromatic carbocycles. The number of nitriles is 1. The fourth-order valence-electron chi connectivity index (χ4n) is 3.01. The summed E-state index contributed by atoms with van der Waals surface area (Å²) < 4.78 is 0. The summed E-state index contributed by atoms with van der Waals surface area (Å²) in [6.45, 7) is 0. The average Bonchev–Trinajstić information content (AvgIpc) is 2.97. The first kappa shape index (κ1) is 11.9. The van der Waals surface area contributed by atoms with Gasteiger partial charge in [0, 0.05) is 17.5 Å². The van der Waals surface area contributed by atoms with Crippen molar-refractivity contribution in [3.8, 4) is 6.07 Å². The molecule has 0 saturated heterocycles. The van der Waals surface area contributed by atoms with E-state index < -0.39 is 0 Å². The van der Waals surface area contributed by atoms with Gasteiger partial charge in [-0.2, -0.15) is 5.26 Å². The molecule has 4 rings (SSSR count). The van der Waals surface area contributed by atoms with E-state index in [9.17, 15) is 5.26 Å². The summed E-state index contributed by atoms with van der Waals surface area (Å²) in [4.78, 5) is 4.33. The zero-order valence-corrected chi connectivity index (χ0v) is 11.3. The summed E-state index contributed by atoms with van der Waals surface area (Å²) in [7, 11) is 0. The van der Waals surface area contributed by atoms with Crippen molar-refractivity contribution in [1.82, 2.24) is 4.98 Å². The highest BCUT2D eigenvalue weighted by Crippen LogP contribution is 2.37. The standard InChI is InChI=1S/C19H12N2/c20-12-15-11-19-14(5-3-9-21-19)10-18(15)17-8-7-13-4-1-2-6-16(13)17/h1-11,17H. The Hall–Kier alpha value is -2.92. The van der Waals surface area contributed by atoms with Gasteiger partial charge in [-0.25, -0.2) is 0 Å². The molecule has 2 heteroatoms. The van der Waals surface area contributed by atoms with Gasteiger partial charge in [-0.15, -0.1) is 0 Å². The molecule has 1 aliphatic rings. The molecule has 2 nitrogen and oxygen atoms in total. The summed E-state index contributed by atoms with van der Waals surface area (Å²) in [6.07, 6.45) is 6.06. The summed E-state index contributed by atoms with van der Waals surface area (Å²) in [5.74, 6) is 0.153. The van der Waals surface area contributed by atoms with Crippen LogP contribution in [0.3, 0.4) is 0 Å². The predicted molar refractivity (Wildman–Crippen MR) is 83.8 cm³/mol. The lowest BCUT2D eigenvalue weighted by atomic mass is 9.89. The normalized spacial score (nSPS) is 15.9. The van der Waals surface area contributed by atoms with Crippen LogP contribution in [0.5, 0.6) is 0 Å². The van der Waals surface area contributed by atoms with Gasteiger partial charge >= 0.3 is 0 Å². The van der Waals surface area contributed by atoms with Crippen LogP contribution in [0.1, 0.15) is 28.2 Å². The minimum atomic E-state index is 0.153. The zero-order chi connectivity index (χ0) is 14.2. The van der Waals surface area contributed by atoms with Crippen LogP contribution >= 0.6 is 0 Å². The Bertz CT molecular complexity index is 916. The number of hydrogen-bond donors (Lipinski definition) is 0. The van der Waals surface area contributed by atoms with E-state index >= 15 is 0 Å². The number of allylic oxidation sites excluding steroid dienone is 1. The minimum absolute atomic E-state index is 0.153. The first-order valence-corrected chi connectivity index (χ1v) is 6.93. The Kier molecular flexibility index (Phi) is 2.58. The molecule has 98 valence electrons. The van der Waals surface area contributed by atoms with Gasteiger partial charge in [0.15, 0.2) is 0 Å². The molecule has 21 heavy (non-hydrogen) atoms. The molecule has 0 radical (unpaired) electrons. The molecular formula is C19H12N2. The number of nitrogens with zero attached hydrogens (tertiary/aromatic N) is 2. The van der Waals surface area contributed by atoms with Gasteiger partial charge in [-0.3, -0.25) is 4.98 Å². The van der Waals surface area contributed by atoms with Gasteiger partial charge in [0.05, 0.1) is 17.1 Å². The van der Waals surface area contributed by atoms with Crippen LogP contribution in [-0.2, 0) is 0 Å². The monoisotopic (exact) mass is 268 g/mol. The van der Waals surface area contributed by atoms with Crippen molar-refractivity contribution in [1.29, 1.82) is 5.26 Å². The summed E-state index contributed by atoms with van der Waals surface area (Å²) >= 11 is 0. The van der Waals surface area contributed by atoms with E-state index in [0.29, 0.717) is 5.56 Å². The highest BCUT2D eigenvalue weighted by Gasteiger charge is 2.21. The molecule has 0 aliphatic heterocycles. The largest absolute Gasteiger partial charge is 0.256 e. The first-order valence-electron chi connectivity index (χ1n) is 6.93. The molecule has 1 atom stereocenters. The third-order valence-corrected chi connectivity index (χ3v) is 4.03. The Balaban J connectivity index is 1.95. The van der Waals surface area contributed by atoms with Crippen LogP contribution in [0.4, 0.5) is 0 Å². The summed E-state index contributed by atoms with van der Waals surface area (Å²) in [6, 6.07) is 18.6. The predicted octanol–water partition coefficient (Wildman–Crippen LogP) is 4.27. The van der Waals surface area contributed by atoms with Gasteiger partial charge in [0.25, 0.3) is 0 Å². The van der Waals surface area contributed by atoms with Gasteiger partial charge in [0.1, 0.15) is 0 Å². The van der Waals surface area contributed by atoms with E-state index in [1.807, 2.05) is 30.3 Å². The number of aromatic nitrogens is 1. The summed E-state index contributed by atoms with van der Waals surface area (Å²) in [5, 5.41) is 10.6. The maximum absolute atomic E-state index is 9.48. The maximum atomic E-state index is 9.48. The van der Waals surface area contributed by atoms with E-state index in [-0.39, 0.29) is 5.92 Å². The third kappa shape index (κ3) is 1.83. The molecule has 1 unspecified atom stereocenters. The lowest BCUT2D eigenvalue weighted by Gasteiger charge is -2.14. The SMILES string of the molecule is N#Cc1cc2ncccc2cc1C1C=Cc2ccccc21. The van der Waals surface area contributed by atoms with Crippen molar-refractivity contribution in [2.24, 2.45) is 0 Å². The lowest BCUT2D eigenvalue weighted by Crippen LogP contribution is -1.99. The van der Waals surface area contributed by atoms with Crippen molar-refractivity contribution in [3.05, 3.63) is 83.1 Å². The fourth-order valence-corrected chi connectivity index (χ4v) is 3.01. The fraction of sp³-hybridized carbons (Fsp3) is 0.0526. The molecule has 1 heterocycles. The molecule has 1 aliphatic carbocycles. The van der Waals surface area contributed by atoms with E-state index in [2.05, 4.69) is 41.4 Å². The van der Waals surface area contributed by atoms with Crippen LogP contribution in [-0.4, -0.2) is 4.98 Å². The molecule has 0 saturated carbocycles. The van der Waals surface area contributed by atoms with E-state index in [0.717, 1.165) is 16.5 Å². The van der Waals surface area contributed by atoms with Crippen LogP contribution in [0.25, 0.3) is 17.0 Å². The quantitative estimate of drug-likeness (QED) is 0.661. The van der Waals surface area contributed by atoms with Gasteiger partial charge in [-0.1, -0.05) is 42.5 Å². The Morgan fingerprint density at radius 2 is 1.90 bits per heavy atom. The Morgan fingerprint density at radius 1 is 1.00 bits per heavy atom. The maximum Gasteiger partial charge on any atom is 0.0995 e. The Labute approximate surface area is 123 Å². The average molecular weight is 268 g/mol. The second-order valence-electron chi connectivity index (χ2n) is 5.21. The Morgan fingerprint density at radius 3 is 2.81 bits per heavy atom. The number of benzene rings is 2. The molecule has 0 spiro atoms. The topological polar surface area (TPSA) is 36.7 Å². The summed E-state index contributed by atoms with van der Waals surface area (Å²) in [5.41, 5.74) is 5.12. The minimum Gasteiger partial charge on any atom is -0.256 e. The molecule has 0 amide bonds. The molecule has 0 fully saturated rings. The smallest absolute Gasteiger partial charge is 0.0995 e. The van der Waals surface area contributed by atoms with Crippen molar-refractivity contribution >= 4 is 17.0 Å². The van der Waals surface area contributed by atoms with Gasteiger partial charge in [-0.05, 0) is 34.9 Å². The van der Waals surface area contributed by atoms with Crippen molar-refractivity contribution in [3.63, 3.8) is 0 Å². The van der Waals surface area contributed by atoms with Crippen LogP contribution in [0.15, 0.2) is 60.8 Å². The van der Waals surface area contributed by atoms with E-state index in [1.165, 1.54) is 11.1 Å². The van der Waals surface area contributed by atoms with E-state index in [1.54, 1.807) is 6.20 Å². The van der Waals surface area contributed by atoms with Crippen molar-refractivity contribution < 1.29 is 0 Å². The number of hydrogen-bond acceptors (Lipinski definition) is 2. The van der Waals surface area contributed by atoms with Crippen LogP contribution in [0.2, 0.25) is 0 Å². The van der Waals surface area contributed by atoms with Crippen LogP contribution < -0.4 is 0 Å². The third-order valence-electron chi connectivity index (χ3n) is 4.03. The number of fused-ring (bicyclic) bond motifs is 2. The van der Waals surface area contributed by atoms with Crippen molar-refractivity contribution in [2.45, 2.75) is 5.92 Å². The molecule has 1 aromatic heterocycles. The van der Waals surface area contributed by atoms with Crippen molar-refractivity contribution in [2.75, 3.05) is 0 Å². The second kappa shape index (κ2) is 4.57. The van der Waals surface area contributed by atoms with Gasteiger partial charge < -0.3 is 0 Å². The lowest BCUT2D eigenvalue weighted by molar-refractivity contribution is 1.04. The molecule has 3 aromatic rings. The highest BCUT2D eigenvalue weighted by atomic mass is 14.6. The second-order valence-corrected chi connectivity index (χ2v) is 5.21. The van der Waals surface area contributed by atoms with Gasteiger partial charge in [0.2, 0.25) is 0 Å². The number of pyridine rings is 1.